The number of nitrogens with one attached hydrogen (secondary N) is 1. The second-order valence-electron chi connectivity index (χ2n) is 4.16. The van der Waals surface area contributed by atoms with Gasteiger partial charge in [0.15, 0.2) is 11.5 Å². The zero-order valence-corrected chi connectivity index (χ0v) is 12.4. The standard InChI is InChI=1S/C16H19NO2.ClH/c1-18-15-9-5-6-10-16(15)19-12-11-17-13-14-7-3-2-4-8-14;/h2-10,17H,11-13H2,1H3;1H. The first-order valence-corrected chi connectivity index (χ1v) is 6.40. The Bertz CT molecular complexity index is 491. The molecule has 0 bridgehead atoms. The third-order valence-corrected chi connectivity index (χ3v) is 2.78. The molecular formula is C16H20ClNO2. The lowest BCUT2D eigenvalue weighted by Crippen LogP contribution is -2.20. The molecule has 108 valence electrons. The van der Waals surface area contributed by atoms with E-state index in [2.05, 4.69) is 17.4 Å². The summed E-state index contributed by atoms with van der Waals surface area (Å²) < 4.78 is 10.9. The molecule has 0 saturated heterocycles. The Balaban J connectivity index is 0.00000200. The quantitative estimate of drug-likeness (QED) is 0.795. The molecule has 0 fully saturated rings. The zero-order chi connectivity index (χ0) is 13.3. The van der Waals surface area contributed by atoms with E-state index in [4.69, 9.17) is 9.47 Å². The van der Waals surface area contributed by atoms with Crippen LogP contribution in [0.15, 0.2) is 54.6 Å². The zero-order valence-electron chi connectivity index (χ0n) is 11.5. The minimum absolute atomic E-state index is 0. The third kappa shape index (κ3) is 5.11. The number of halogens is 1. The second-order valence-corrected chi connectivity index (χ2v) is 4.16. The SMILES string of the molecule is COc1ccccc1OCCNCc1ccccc1.Cl. The van der Waals surface area contributed by atoms with Crippen molar-refractivity contribution in [2.24, 2.45) is 0 Å². The van der Waals surface area contributed by atoms with Gasteiger partial charge in [0.05, 0.1) is 7.11 Å². The summed E-state index contributed by atoms with van der Waals surface area (Å²) in [5, 5.41) is 3.34. The van der Waals surface area contributed by atoms with Gasteiger partial charge >= 0.3 is 0 Å². The summed E-state index contributed by atoms with van der Waals surface area (Å²) in [5.41, 5.74) is 1.28. The highest BCUT2D eigenvalue weighted by atomic mass is 35.5. The summed E-state index contributed by atoms with van der Waals surface area (Å²) in [6, 6.07) is 18.0. The molecule has 2 aromatic carbocycles. The average Bonchev–Trinajstić information content (AvgIpc) is 2.48. The molecule has 0 aliphatic rings. The fourth-order valence-corrected chi connectivity index (χ4v) is 1.80. The van der Waals surface area contributed by atoms with Gasteiger partial charge in [-0.05, 0) is 17.7 Å². The molecule has 20 heavy (non-hydrogen) atoms. The fourth-order valence-electron chi connectivity index (χ4n) is 1.80. The first kappa shape index (κ1) is 16.3. The van der Waals surface area contributed by atoms with Crippen LogP contribution in [0.5, 0.6) is 11.5 Å². The Labute approximate surface area is 126 Å². The van der Waals surface area contributed by atoms with Crippen LogP contribution in [0.2, 0.25) is 0 Å². The summed E-state index contributed by atoms with van der Waals surface area (Å²) in [4.78, 5) is 0. The van der Waals surface area contributed by atoms with Crippen molar-refractivity contribution in [3.63, 3.8) is 0 Å². The van der Waals surface area contributed by atoms with Crippen LogP contribution in [0.4, 0.5) is 0 Å². The molecule has 2 aromatic rings. The smallest absolute Gasteiger partial charge is 0.161 e. The maximum absolute atomic E-state index is 5.68. The highest BCUT2D eigenvalue weighted by Gasteiger charge is 2.01. The molecule has 4 heteroatoms. The third-order valence-electron chi connectivity index (χ3n) is 2.78. The van der Waals surface area contributed by atoms with E-state index >= 15 is 0 Å². The Morgan fingerprint density at radius 2 is 1.55 bits per heavy atom. The van der Waals surface area contributed by atoms with Crippen molar-refractivity contribution in [2.75, 3.05) is 20.3 Å². The highest BCUT2D eigenvalue weighted by Crippen LogP contribution is 2.25. The molecule has 0 amide bonds. The van der Waals surface area contributed by atoms with Crippen molar-refractivity contribution in [3.8, 4) is 11.5 Å². The first-order chi connectivity index (χ1) is 9.40. The van der Waals surface area contributed by atoms with Crippen LogP contribution < -0.4 is 14.8 Å². The van der Waals surface area contributed by atoms with E-state index in [1.54, 1.807) is 7.11 Å². The van der Waals surface area contributed by atoms with Crippen molar-refractivity contribution in [1.29, 1.82) is 0 Å². The molecular weight excluding hydrogens is 274 g/mol. The largest absolute Gasteiger partial charge is 0.493 e. The molecule has 0 atom stereocenters. The Morgan fingerprint density at radius 1 is 0.900 bits per heavy atom. The van der Waals surface area contributed by atoms with Crippen LogP contribution in [0.3, 0.4) is 0 Å². The topological polar surface area (TPSA) is 30.5 Å². The van der Waals surface area contributed by atoms with Crippen molar-refractivity contribution in [2.45, 2.75) is 6.54 Å². The van der Waals surface area contributed by atoms with Gasteiger partial charge in [-0.2, -0.15) is 0 Å². The summed E-state index contributed by atoms with van der Waals surface area (Å²) >= 11 is 0. The van der Waals surface area contributed by atoms with Crippen molar-refractivity contribution >= 4 is 12.4 Å². The van der Waals surface area contributed by atoms with Gasteiger partial charge in [0, 0.05) is 13.1 Å². The van der Waals surface area contributed by atoms with E-state index in [1.165, 1.54) is 5.56 Å². The molecule has 0 aliphatic carbocycles. The van der Waals surface area contributed by atoms with Crippen LogP contribution in [0.25, 0.3) is 0 Å². The fraction of sp³-hybridized carbons (Fsp3) is 0.250. The lowest BCUT2D eigenvalue weighted by Gasteiger charge is -2.10. The van der Waals surface area contributed by atoms with Gasteiger partial charge < -0.3 is 14.8 Å². The molecule has 3 nitrogen and oxygen atoms in total. The molecule has 0 spiro atoms. The van der Waals surface area contributed by atoms with Gasteiger partial charge in [-0.25, -0.2) is 0 Å². The summed E-state index contributed by atoms with van der Waals surface area (Å²) in [5.74, 6) is 1.55. The van der Waals surface area contributed by atoms with E-state index in [0.29, 0.717) is 6.61 Å². The molecule has 0 saturated carbocycles. The van der Waals surface area contributed by atoms with Gasteiger partial charge in [0.2, 0.25) is 0 Å². The van der Waals surface area contributed by atoms with Crippen molar-refractivity contribution in [1.82, 2.24) is 5.32 Å². The molecule has 0 unspecified atom stereocenters. The van der Waals surface area contributed by atoms with Gasteiger partial charge in [-0.15, -0.1) is 12.4 Å². The molecule has 0 radical (unpaired) electrons. The number of hydrogen-bond donors (Lipinski definition) is 1. The van der Waals surface area contributed by atoms with Crippen LogP contribution in [0, 0.1) is 0 Å². The normalized spacial score (nSPS) is 9.65. The van der Waals surface area contributed by atoms with Gasteiger partial charge in [0.1, 0.15) is 6.61 Å². The first-order valence-electron chi connectivity index (χ1n) is 6.40. The molecule has 0 aromatic heterocycles. The summed E-state index contributed by atoms with van der Waals surface area (Å²) in [7, 11) is 1.65. The number of rotatable bonds is 7. The molecule has 0 heterocycles. The average molecular weight is 294 g/mol. The predicted molar refractivity (Wildman–Crippen MR) is 83.9 cm³/mol. The second kappa shape index (κ2) is 9.23. The summed E-state index contributed by atoms with van der Waals surface area (Å²) in [6.45, 7) is 2.27. The van der Waals surface area contributed by atoms with E-state index in [-0.39, 0.29) is 12.4 Å². The monoisotopic (exact) mass is 293 g/mol. The van der Waals surface area contributed by atoms with Crippen molar-refractivity contribution in [3.05, 3.63) is 60.2 Å². The Morgan fingerprint density at radius 3 is 2.25 bits per heavy atom. The minimum Gasteiger partial charge on any atom is -0.493 e. The predicted octanol–water partition coefficient (Wildman–Crippen LogP) is 3.29. The van der Waals surface area contributed by atoms with Gasteiger partial charge in [0.25, 0.3) is 0 Å². The lowest BCUT2D eigenvalue weighted by molar-refractivity contribution is 0.292. The van der Waals surface area contributed by atoms with Crippen LogP contribution in [-0.2, 0) is 6.54 Å². The maximum atomic E-state index is 5.68. The van der Waals surface area contributed by atoms with Gasteiger partial charge in [-0.3, -0.25) is 0 Å². The van der Waals surface area contributed by atoms with Gasteiger partial charge in [-0.1, -0.05) is 42.5 Å². The van der Waals surface area contributed by atoms with E-state index in [0.717, 1.165) is 24.6 Å². The minimum atomic E-state index is 0. The van der Waals surface area contributed by atoms with Crippen molar-refractivity contribution < 1.29 is 9.47 Å². The van der Waals surface area contributed by atoms with E-state index in [1.807, 2.05) is 42.5 Å². The van der Waals surface area contributed by atoms with Crippen LogP contribution in [0.1, 0.15) is 5.56 Å². The lowest BCUT2D eigenvalue weighted by atomic mass is 10.2. The number of para-hydroxylation sites is 2. The van der Waals surface area contributed by atoms with Crippen LogP contribution in [-0.4, -0.2) is 20.3 Å². The molecule has 1 N–H and O–H groups in total. The maximum Gasteiger partial charge on any atom is 0.161 e. The van der Waals surface area contributed by atoms with E-state index in [9.17, 15) is 0 Å². The number of methoxy groups -OCH3 is 1. The highest BCUT2D eigenvalue weighted by molar-refractivity contribution is 5.85. The molecule has 0 aliphatic heterocycles. The van der Waals surface area contributed by atoms with E-state index < -0.39 is 0 Å². The van der Waals surface area contributed by atoms with Crippen LogP contribution >= 0.6 is 12.4 Å². The number of ether oxygens (including phenoxy) is 2. The summed E-state index contributed by atoms with van der Waals surface area (Å²) in [6.07, 6.45) is 0. The number of benzene rings is 2. The number of hydrogen-bond acceptors (Lipinski definition) is 3. The Kier molecular flexibility index (Phi) is 7.55. The molecule has 2 rings (SSSR count). The Hall–Kier alpha value is -1.71.